The van der Waals surface area contributed by atoms with Crippen molar-refractivity contribution in [3.63, 3.8) is 0 Å². The van der Waals surface area contributed by atoms with Crippen LogP contribution in [-0.4, -0.2) is 36.8 Å². The summed E-state index contributed by atoms with van der Waals surface area (Å²) >= 11 is 0. The van der Waals surface area contributed by atoms with Gasteiger partial charge >= 0.3 is 5.97 Å². The number of anilines is 1. The largest absolute Gasteiger partial charge is 0.497 e. The average molecular weight is 358 g/mol. The Bertz CT molecular complexity index is 738. The quantitative estimate of drug-likeness (QED) is 0.772. The van der Waals surface area contributed by atoms with Gasteiger partial charge in [-0.25, -0.2) is 0 Å². The Kier molecular flexibility index (Phi) is 5.20. The number of ether oxygens (including phenoxy) is 2. The smallest absolute Gasteiger partial charge is 0.309 e. The lowest BCUT2D eigenvalue weighted by Gasteiger charge is -2.31. The molecule has 0 unspecified atom stereocenters. The minimum Gasteiger partial charge on any atom is -0.497 e. The minimum atomic E-state index is -0.440. The molecule has 1 aliphatic heterocycles. The number of oxazole rings is 1. The molecule has 3 rings (SSSR count). The van der Waals surface area contributed by atoms with Gasteiger partial charge in [-0.2, -0.15) is 4.98 Å². The molecule has 1 aromatic heterocycles. The number of benzene rings is 1. The summed E-state index contributed by atoms with van der Waals surface area (Å²) in [5.74, 6) is 0.645. The van der Waals surface area contributed by atoms with Crippen molar-refractivity contribution in [2.45, 2.75) is 39.2 Å². The molecule has 0 saturated carbocycles. The number of hydrogen-bond acceptors (Lipinski definition) is 6. The van der Waals surface area contributed by atoms with Gasteiger partial charge in [0.1, 0.15) is 23.3 Å². The molecule has 1 saturated heterocycles. The third-order valence-electron chi connectivity index (χ3n) is 4.38. The van der Waals surface area contributed by atoms with Crippen molar-refractivity contribution >= 4 is 12.0 Å². The Morgan fingerprint density at radius 2 is 1.85 bits per heavy atom. The minimum absolute atomic E-state index is 0.0542. The van der Waals surface area contributed by atoms with Crippen molar-refractivity contribution in [2.75, 3.05) is 25.1 Å². The summed E-state index contributed by atoms with van der Waals surface area (Å²) in [7, 11) is 1.64. The second-order valence-corrected chi connectivity index (χ2v) is 7.54. The van der Waals surface area contributed by atoms with Crippen LogP contribution in [0.3, 0.4) is 0 Å². The van der Waals surface area contributed by atoms with Crippen molar-refractivity contribution in [3.05, 3.63) is 30.5 Å². The van der Waals surface area contributed by atoms with Crippen molar-refractivity contribution < 1.29 is 18.7 Å². The maximum Gasteiger partial charge on any atom is 0.309 e. The van der Waals surface area contributed by atoms with Gasteiger partial charge in [0.15, 0.2) is 0 Å². The van der Waals surface area contributed by atoms with Crippen molar-refractivity contribution in [2.24, 2.45) is 5.92 Å². The van der Waals surface area contributed by atoms with Crippen LogP contribution in [0.1, 0.15) is 33.6 Å². The normalized spacial score (nSPS) is 15.8. The molecule has 0 amide bonds. The molecule has 0 bridgehead atoms. The molecular formula is C20H26N2O4. The number of piperidine rings is 1. The molecule has 1 aromatic carbocycles. The molecule has 2 heterocycles. The van der Waals surface area contributed by atoms with Crippen LogP contribution in [0.15, 0.2) is 34.9 Å². The fourth-order valence-corrected chi connectivity index (χ4v) is 3.00. The highest BCUT2D eigenvalue weighted by Gasteiger charge is 2.30. The number of rotatable bonds is 4. The maximum absolute atomic E-state index is 12.2. The molecule has 0 radical (unpaired) electrons. The van der Waals surface area contributed by atoms with Crippen LogP contribution in [0.5, 0.6) is 5.75 Å². The molecule has 0 atom stereocenters. The van der Waals surface area contributed by atoms with E-state index in [0.717, 1.165) is 42.9 Å². The van der Waals surface area contributed by atoms with E-state index < -0.39 is 5.60 Å². The van der Waals surface area contributed by atoms with E-state index in [-0.39, 0.29) is 11.9 Å². The van der Waals surface area contributed by atoms with Gasteiger partial charge in [-0.15, -0.1) is 0 Å². The summed E-state index contributed by atoms with van der Waals surface area (Å²) < 4.78 is 16.3. The van der Waals surface area contributed by atoms with E-state index in [1.54, 1.807) is 13.4 Å². The van der Waals surface area contributed by atoms with E-state index in [2.05, 4.69) is 9.88 Å². The topological polar surface area (TPSA) is 64.8 Å². The fourth-order valence-electron chi connectivity index (χ4n) is 3.00. The lowest BCUT2D eigenvalue weighted by Crippen LogP contribution is -2.39. The van der Waals surface area contributed by atoms with Gasteiger partial charge in [0.25, 0.3) is 6.01 Å². The summed E-state index contributed by atoms with van der Waals surface area (Å²) in [5.41, 5.74) is 1.32. The first-order valence-corrected chi connectivity index (χ1v) is 8.93. The van der Waals surface area contributed by atoms with Gasteiger partial charge in [-0.05, 0) is 57.9 Å². The van der Waals surface area contributed by atoms with Crippen LogP contribution in [0, 0.1) is 5.92 Å². The van der Waals surface area contributed by atoms with E-state index >= 15 is 0 Å². The van der Waals surface area contributed by atoms with Crippen LogP contribution in [-0.2, 0) is 9.53 Å². The molecule has 6 nitrogen and oxygen atoms in total. The Morgan fingerprint density at radius 1 is 1.19 bits per heavy atom. The van der Waals surface area contributed by atoms with E-state index in [1.165, 1.54) is 0 Å². The van der Waals surface area contributed by atoms with Gasteiger partial charge in [0.2, 0.25) is 0 Å². The number of hydrogen-bond donors (Lipinski definition) is 0. The Balaban J connectivity index is 1.60. The van der Waals surface area contributed by atoms with E-state index in [1.807, 2.05) is 45.0 Å². The molecule has 26 heavy (non-hydrogen) atoms. The average Bonchev–Trinajstić information content (AvgIpc) is 3.10. The third-order valence-corrected chi connectivity index (χ3v) is 4.38. The zero-order valence-electron chi connectivity index (χ0n) is 15.8. The first-order chi connectivity index (χ1) is 12.4. The highest BCUT2D eigenvalue weighted by atomic mass is 16.6. The summed E-state index contributed by atoms with van der Waals surface area (Å²) in [6.45, 7) is 7.15. The summed E-state index contributed by atoms with van der Waals surface area (Å²) in [6, 6.07) is 8.30. The molecule has 0 spiro atoms. The summed E-state index contributed by atoms with van der Waals surface area (Å²) in [4.78, 5) is 18.9. The maximum atomic E-state index is 12.2. The highest BCUT2D eigenvalue weighted by molar-refractivity contribution is 5.73. The number of carbonyl (C=O) groups excluding carboxylic acids is 1. The zero-order valence-corrected chi connectivity index (χ0v) is 15.8. The molecule has 0 N–H and O–H groups in total. The van der Waals surface area contributed by atoms with Gasteiger partial charge in [-0.1, -0.05) is 0 Å². The Labute approximate surface area is 154 Å². The van der Waals surface area contributed by atoms with E-state index in [0.29, 0.717) is 6.01 Å². The SMILES string of the molecule is COc1ccc(-c2coc(N3CCC(C(=O)OC(C)(C)C)CC3)n2)cc1. The van der Waals surface area contributed by atoms with Crippen molar-refractivity contribution in [3.8, 4) is 17.0 Å². The van der Waals surface area contributed by atoms with Gasteiger partial charge in [-0.3, -0.25) is 4.79 Å². The number of nitrogens with zero attached hydrogens (tertiary/aromatic N) is 2. The van der Waals surface area contributed by atoms with Crippen molar-refractivity contribution in [1.82, 2.24) is 4.98 Å². The fraction of sp³-hybridized carbons (Fsp3) is 0.500. The second-order valence-electron chi connectivity index (χ2n) is 7.54. The standard InChI is InChI=1S/C20H26N2O4/c1-20(2,3)26-18(23)15-9-11-22(12-10-15)19-21-17(13-25-19)14-5-7-16(24-4)8-6-14/h5-8,13,15H,9-12H2,1-4H3. The monoisotopic (exact) mass is 358 g/mol. The van der Waals surface area contributed by atoms with E-state index in [4.69, 9.17) is 13.9 Å². The third kappa shape index (κ3) is 4.36. The lowest BCUT2D eigenvalue weighted by molar-refractivity contribution is -0.160. The van der Waals surface area contributed by atoms with Crippen LogP contribution in [0.2, 0.25) is 0 Å². The molecule has 140 valence electrons. The first kappa shape index (κ1) is 18.3. The van der Waals surface area contributed by atoms with Gasteiger partial charge in [0, 0.05) is 18.7 Å². The molecule has 1 aliphatic rings. The van der Waals surface area contributed by atoms with Crippen LogP contribution >= 0.6 is 0 Å². The summed E-state index contributed by atoms with van der Waals surface area (Å²) in [6.07, 6.45) is 3.15. The van der Waals surface area contributed by atoms with Crippen molar-refractivity contribution in [1.29, 1.82) is 0 Å². The number of methoxy groups -OCH3 is 1. The number of aromatic nitrogens is 1. The predicted molar refractivity (Wildman–Crippen MR) is 99.3 cm³/mol. The highest BCUT2D eigenvalue weighted by Crippen LogP contribution is 2.28. The Hall–Kier alpha value is -2.50. The molecule has 2 aromatic rings. The molecular weight excluding hydrogens is 332 g/mol. The summed E-state index contributed by atoms with van der Waals surface area (Å²) in [5, 5.41) is 0. The van der Waals surface area contributed by atoms with Crippen LogP contribution in [0.25, 0.3) is 11.3 Å². The molecule has 6 heteroatoms. The Morgan fingerprint density at radius 3 is 2.42 bits per heavy atom. The number of esters is 1. The zero-order chi connectivity index (χ0) is 18.7. The second kappa shape index (κ2) is 7.40. The lowest BCUT2D eigenvalue weighted by atomic mass is 9.97. The van der Waals surface area contributed by atoms with Crippen LogP contribution in [0.4, 0.5) is 6.01 Å². The number of carbonyl (C=O) groups is 1. The van der Waals surface area contributed by atoms with Crippen LogP contribution < -0.4 is 9.64 Å². The molecule has 0 aliphatic carbocycles. The predicted octanol–water partition coefficient (Wildman–Crippen LogP) is 3.91. The van der Waals surface area contributed by atoms with Gasteiger partial charge < -0.3 is 18.8 Å². The first-order valence-electron chi connectivity index (χ1n) is 8.93. The van der Waals surface area contributed by atoms with E-state index in [9.17, 15) is 4.79 Å². The van der Waals surface area contributed by atoms with Gasteiger partial charge in [0.05, 0.1) is 13.0 Å². The molecule has 1 fully saturated rings.